The molecule has 3 rings (SSSR count). The highest BCUT2D eigenvalue weighted by Crippen LogP contribution is 2.27. The molecule has 0 aromatic heterocycles. The molecule has 2 aromatic rings. The van der Waals surface area contributed by atoms with Crippen molar-refractivity contribution in [3.05, 3.63) is 59.7 Å². The van der Waals surface area contributed by atoms with E-state index < -0.39 is 0 Å². The summed E-state index contributed by atoms with van der Waals surface area (Å²) in [6.45, 7) is 1.45. The first-order valence-electron chi connectivity index (χ1n) is 9.60. The molecule has 1 heterocycles. The number of rotatable bonds is 7. The lowest BCUT2D eigenvalue weighted by Gasteiger charge is -2.26. The van der Waals surface area contributed by atoms with Crippen molar-refractivity contribution in [2.45, 2.75) is 18.6 Å². The van der Waals surface area contributed by atoms with E-state index in [0.29, 0.717) is 6.54 Å². The maximum absolute atomic E-state index is 5.99. The highest BCUT2D eigenvalue weighted by molar-refractivity contribution is 5.79. The summed E-state index contributed by atoms with van der Waals surface area (Å²) in [6.07, 6.45) is 1.05. The number of hydrogen-bond acceptors (Lipinski definition) is 4. The van der Waals surface area contributed by atoms with E-state index in [2.05, 4.69) is 58.9 Å². The van der Waals surface area contributed by atoms with Gasteiger partial charge in [0.25, 0.3) is 0 Å². The number of guanidine groups is 1. The van der Waals surface area contributed by atoms with Crippen molar-refractivity contribution in [3.63, 3.8) is 0 Å². The third-order valence-electron chi connectivity index (χ3n) is 5.02. The molecular formula is C22H30N4O2. The van der Waals surface area contributed by atoms with Crippen LogP contribution in [0.2, 0.25) is 0 Å². The van der Waals surface area contributed by atoms with Crippen molar-refractivity contribution < 1.29 is 9.47 Å². The van der Waals surface area contributed by atoms with Gasteiger partial charge in [-0.1, -0.05) is 30.3 Å². The number of aliphatic imine (C=N–C) groups is 1. The zero-order valence-electron chi connectivity index (χ0n) is 17.1. The van der Waals surface area contributed by atoms with Crippen LogP contribution in [-0.4, -0.2) is 58.3 Å². The first-order chi connectivity index (χ1) is 13.6. The van der Waals surface area contributed by atoms with Crippen molar-refractivity contribution in [2.24, 2.45) is 4.99 Å². The molecule has 0 aliphatic carbocycles. The fraction of sp³-hybridized carbons (Fsp3) is 0.409. The second-order valence-electron chi connectivity index (χ2n) is 7.14. The quantitative estimate of drug-likeness (QED) is 0.569. The molecule has 0 spiro atoms. The predicted molar refractivity (Wildman–Crippen MR) is 113 cm³/mol. The Morgan fingerprint density at radius 2 is 1.93 bits per heavy atom. The minimum absolute atomic E-state index is 0.127. The molecule has 2 N–H and O–H groups in total. The van der Waals surface area contributed by atoms with Gasteiger partial charge >= 0.3 is 0 Å². The van der Waals surface area contributed by atoms with Gasteiger partial charge in [0.1, 0.15) is 17.6 Å². The molecule has 0 saturated carbocycles. The molecule has 2 atom stereocenters. The molecule has 0 saturated heterocycles. The average molecular weight is 383 g/mol. The number of nitrogens with one attached hydrogen (secondary N) is 2. The van der Waals surface area contributed by atoms with E-state index in [1.165, 1.54) is 11.1 Å². The molecule has 6 nitrogen and oxygen atoms in total. The Balaban J connectivity index is 1.52. The minimum atomic E-state index is 0.127. The fourth-order valence-corrected chi connectivity index (χ4v) is 3.42. The lowest BCUT2D eigenvalue weighted by atomic mass is 10.1. The van der Waals surface area contributed by atoms with Crippen LogP contribution in [0, 0.1) is 0 Å². The maximum atomic E-state index is 5.99. The SMILES string of the molecule is CN=C(NCC1Cc2ccccc2O1)NCC(c1ccc(OC)cc1)N(C)C. The van der Waals surface area contributed by atoms with Crippen LogP contribution in [0.15, 0.2) is 53.5 Å². The van der Waals surface area contributed by atoms with Crippen LogP contribution in [-0.2, 0) is 6.42 Å². The summed E-state index contributed by atoms with van der Waals surface area (Å²) in [6, 6.07) is 16.6. The molecule has 1 aliphatic heterocycles. The largest absolute Gasteiger partial charge is 0.497 e. The maximum Gasteiger partial charge on any atom is 0.191 e. The molecule has 150 valence electrons. The zero-order chi connectivity index (χ0) is 19.9. The van der Waals surface area contributed by atoms with Gasteiger partial charge in [-0.15, -0.1) is 0 Å². The number of para-hydroxylation sites is 1. The van der Waals surface area contributed by atoms with Crippen LogP contribution >= 0.6 is 0 Å². The van der Waals surface area contributed by atoms with Crippen molar-refractivity contribution >= 4 is 5.96 Å². The predicted octanol–water partition coefficient (Wildman–Crippen LogP) is 2.47. The number of fused-ring (bicyclic) bond motifs is 1. The standard InChI is InChI=1S/C22H30N4O2/c1-23-22(24-14-19-13-17-7-5-6-8-21(17)28-19)25-15-20(26(2)3)16-9-11-18(27-4)12-10-16/h5-12,19-20H,13-15H2,1-4H3,(H2,23,24,25). The summed E-state index contributed by atoms with van der Waals surface area (Å²) < 4.78 is 11.3. The second-order valence-corrected chi connectivity index (χ2v) is 7.14. The van der Waals surface area contributed by atoms with Gasteiger partial charge in [0.2, 0.25) is 0 Å². The van der Waals surface area contributed by atoms with Crippen LogP contribution in [0.4, 0.5) is 0 Å². The summed E-state index contributed by atoms with van der Waals surface area (Å²) in [7, 11) is 7.63. The van der Waals surface area contributed by atoms with Crippen molar-refractivity contribution in [1.29, 1.82) is 0 Å². The minimum Gasteiger partial charge on any atom is -0.497 e. The lowest BCUT2D eigenvalue weighted by Crippen LogP contribution is -2.44. The van der Waals surface area contributed by atoms with E-state index in [-0.39, 0.29) is 12.1 Å². The Morgan fingerprint density at radius 3 is 2.57 bits per heavy atom. The van der Waals surface area contributed by atoms with E-state index >= 15 is 0 Å². The van der Waals surface area contributed by atoms with Crippen molar-refractivity contribution in [1.82, 2.24) is 15.5 Å². The Kier molecular flexibility index (Phi) is 6.76. The van der Waals surface area contributed by atoms with Gasteiger partial charge in [0.05, 0.1) is 19.7 Å². The fourth-order valence-electron chi connectivity index (χ4n) is 3.42. The number of hydrogen-bond donors (Lipinski definition) is 2. The first kappa shape index (κ1) is 20.0. The van der Waals surface area contributed by atoms with Gasteiger partial charge in [0.15, 0.2) is 5.96 Å². The first-order valence-corrected chi connectivity index (χ1v) is 9.60. The summed E-state index contributed by atoms with van der Waals surface area (Å²) in [5.41, 5.74) is 2.49. The van der Waals surface area contributed by atoms with Crippen molar-refractivity contribution in [3.8, 4) is 11.5 Å². The van der Waals surface area contributed by atoms with E-state index in [1.807, 2.05) is 24.3 Å². The van der Waals surface area contributed by atoms with Crippen LogP contribution < -0.4 is 20.1 Å². The van der Waals surface area contributed by atoms with Gasteiger partial charge in [-0.3, -0.25) is 4.99 Å². The normalized spacial score (nSPS) is 17.0. The smallest absolute Gasteiger partial charge is 0.191 e. The summed E-state index contributed by atoms with van der Waals surface area (Å²) >= 11 is 0. The molecule has 0 radical (unpaired) electrons. The van der Waals surface area contributed by atoms with Gasteiger partial charge in [-0.25, -0.2) is 0 Å². The molecule has 0 amide bonds. The number of ether oxygens (including phenoxy) is 2. The van der Waals surface area contributed by atoms with Crippen molar-refractivity contribution in [2.75, 3.05) is 41.3 Å². The highest BCUT2D eigenvalue weighted by atomic mass is 16.5. The number of methoxy groups -OCH3 is 1. The van der Waals surface area contributed by atoms with E-state index in [1.54, 1.807) is 14.2 Å². The molecule has 28 heavy (non-hydrogen) atoms. The Bertz CT molecular complexity index is 764. The Morgan fingerprint density at radius 1 is 1.18 bits per heavy atom. The second kappa shape index (κ2) is 9.46. The molecular weight excluding hydrogens is 352 g/mol. The third-order valence-corrected chi connectivity index (χ3v) is 5.02. The zero-order valence-corrected chi connectivity index (χ0v) is 17.1. The molecule has 1 aliphatic rings. The monoisotopic (exact) mass is 382 g/mol. The van der Waals surface area contributed by atoms with Gasteiger partial charge < -0.3 is 25.0 Å². The Labute approximate surface area is 167 Å². The third kappa shape index (κ3) is 4.95. The number of benzene rings is 2. The highest BCUT2D eigenvalue weighted by Gasteiger charge is 2.22. The Hall–Kier alpha value is -2.73. The molecule has 0 bridgehead atoms. The van der Waals surface area contributed by atoms with Crippen LogP contribution in [0.1, 0.15) is 17.2 Å². The van der Waals surface area contributed by atoms with Gasteiger partial charge in [0, 0.05) is 20.0 Å². The lowest BCUT2D eigenvalue weighted by molar-refractivity contribution is 0.234. The van der Waals surface area contributed by atoms with E-state index in [4.69, 9.17) is 9.47 Å². The van der Waals surface area contributed by atoms with Gasteiger partial charge in [-0.05, 0) is 43.4 Å². The average Bonchev–Trinajstić information content (AvgIpc) is 3.13. The molecule has 6 heteroatoms. The molecule has 0 fully saturated rings. The van der Waals surface area contributed by atoms with E-state index in [0.717, 1.165) is 30.4 Å². The molecule has 2 unspecified atom stereocenters. The van der Waals surface area contributed by atoms with Gasteiger partial charge in [-0.2, -0.15) is 0 Å². The summed E-state index contributed by atoms with van der Waals surface area (Å²) in [4.78, 5) is 6.54. The topological polar surface area (TPSA) is 58.1 Å². The van der Waals surface area contributed by atoms with E-state index in [9.17, 15) is 0 Å². The van der Waals surface area contributed by atoms with Crippen LogP contribution in [0.25, 0.3) is 0 Å². The molecule has 2 aromatic carbocycles. The van der Waals surface area contributed by atoms with Crippen LogP contribution in [0.3, 0.4) is 0 Å². The summed E-state index contributed by atoms with van der Waals surface area (Å²) in [5, 5.41) is 6.82. The van der Waals surface area contributed by atoms with Crippen LogP contribution in [0.5, 0.6) is 11.5 Å². The number of nitrogens with zero attached hydrogens (tertiary/aromatic N) is 2. The summed E-state index contributed by atoms with van der Waals surface area (Å²) in [5.74, 6) is 2.63. The number of likely N-dealkylation sites (N-methyl/N-ethyl adjacent to an activating group) is 1.